The molecule has 0 radical (unpaired) electrons. The highest BCUT2D eigenvalue weighted by molar-refractivity contribution is 6.18. The van der Waals surface area contributed by atoms with Crippen LogP contribution >= 0.6 is 0 Å². The second kappa shape index (κ2) is 15.9. The third-order valence-corrected chi connectivity index (χ3v) is 5.95. The average Bonchev–Trinajstić information content (AvgIpc) is 2.88. The zero-order valence-corrected chi connectivity index (χ0v) is 22.0. The Morgan fingerprint density at radius 3 is 1.50 bits per heavy atom. The zero-order chi connectivity index (χ0) is 27.0. The number of unbranched alkanes of at least 4 members (excludes halogenated alkanes) is 3. The molecule has 36 heavy (non-hydrogen) atoms. The molecule has 0 heterocycles. The number of esters is 4. The minimum Gasteiger partial charge on any atom is -0.465 e. The van der Waals surface area contributed by atoms with Crippen LogP contribution in [0.3, 0.4) is 0 Å². The number of nitrogens with two attached hydrogens (primary N) is 1. The number of hydrogen-bond acceptors (Lipinski definition) is 9. The van der Waals surface area contributed by atoms with Gasteiger partial charge in [-0.3, -0.25) is 9.59 Å². The molecule has 0 fully saturated rings. The first kappa shape index (κ1) is 31.1. The number of hydrogen-bond donors (Lipinski definition) is 1. The van der Waals surface area contributed by atoms with Gasteiger partial charge in [0.1, 0.15) is 6.61 Å². The Hall–Kier alpha value is -2.94. The van der Waals surface area contributed by atoms with Crippen molar-refractivity contribution in [1.29, 1.82) is 0 Å². The zero-order valence-electron chi connectivity index (χ0n) is 22.0. The Morgan fingerprint density at radius 1 is 0.667 bits per heavy atom. The maximum Gasteiger partial charge on any atom is 0.340 e. The van der Waals surface area contributed by atoms with Crippen molar-refractivity contribution in [2.24, 2.45) is 11.1 Å². The molecule has 1 rings (SSSR count). The molecular weight excluding hydrogens is 466 g/mol. The first-order chi connectivity index (χ1) is 17.3. The van der Waals surface area contributed by atoms with E-state index in [1.807, 2.05) is 20.8 Å². The van der Waals surface area contributed by atoms with Gasteiger partial charge in [-0.1, -0.05) is 77.3 Å². The van der Waals surface area contributed by atoms with E-state index in [-0.39, 0.29) is 32.8 Å². The highest BCUT2D eigenvalue weighted by atomic mass is 16.6. The van der Waals surface area contributed by atoms with Crippen LogP contribution in [-0.2, 0) is 44.7 Å². The molecule has 1 atom stereocenters. The van der Waals surface area contributed by atoms with Gasteiger partial charge in [0.25, 0.3) is 0 Å². The van der Waals surface area contributed by atoms with Gasteiger partial charge in [-0.25, -0.2) is 9.59 Å². The van der Waals surface area contributed by atoms with E-state index in [9.17, 15) is 19.2 Å². The number of rotatable bonds is 17. The van der Waals surface area contributed by atoms with Crippen LogP contribution in [0.4, 0.5) is 0 Å². The molecular formula is C27H41NO8. The average molecular weight is 508 g/mol. The first-order valence-corrected chi connectivity index (χ1v) is 12.8. The van der Waals surface area contributed by atoms with Gasteiger partial charge in [-0.15, -0.1) is 0 Å². The normalized spacial score (nSPS) is 12.8. The van der Waals surface area contributed by atoms with Gasteiger partial charge in [0.15, 0.2) is 0 Å². The van der Waals surface area contributed by atoms with Gasteiger partial charge in [0, 0.05) is 0 Å². The summed E-state index contributed by atoms with van der Waals surface area (Å²) >= 11 is 0. The lowest BCUT2D eigenvalue weighted by Crippen LogP contribution is -2.72. The standard InChI is InChI=1S/C27H41NO8/c1-5-9-17-33-22(29)26(8-4,23(30)34-18-10-6-2)27(28,24(31)35-19-11-7-3)25(32)36-20-21-15-13-12-14-16-21/h12-16H,5-11,17-20,28H2,1-4H3. The maximum absolute atomic E-state index is 13.5. The van der Waals surface area contributed by atoms with Crippen LogP contribution in [0.5, 0.6) is 0 Å². The van der Waals surface area contributed by atoms with Gasteiger partial charge in [0.05, 0.1) is 19.8 Å². The van der Waals surface area contributed by atoms with Crippen molar-refractivity contribution in [2.75, 3.05) is 19.8 Å². The SMILES string of the molecule is CCCCOC(=O)C(N)(C(=O)OCc1ccccc1)C(CC)(C(=O)OCCCC)C(=O)OCCCC. The van der Waals surface area contributed by atoms with E-state index in [4.69, 9.17) is 24.7 Å². The van der Waals surface area contributed by atoms with E-state index in [0.717, 1.165) is 12.8 Å². The summed E-state index contributed by atoms with van der Waals surface area (Å²) in [5.74, 6) is -4.75. The Morgan fingerprint density at radius 2 is 1.08 bits per heavy atom. The number of benzene rings is 1. The van der Waals surface area contributed by atoms with Gasteiger partial charge in [-0.05, 0) is 31.2 Å². The van der Waals surface area contributed by atoms with Crippen molar-refractivity contribution in [3.8, 4) is 0 Å². The van der Waals surface area contributed by atoms with Crippen LogP contribution < -0.4 is 5.73 Å². The lowest BCUT2D eigenvalue weighted by molar-refractivity contribution is -0.194. The smallest absolute Gasteiger partial charge is 0.340 e. The highest BCUT2D eigenvalue weighted by Gasteiger charge is 2.71. The predicted molar refractivity (Wildman–Crippen MR) is 133 cm³/mol. The van der Waals surface area contributed by atoms with Crippen molar-refractivity contribution in [1.82, 2.24) is 0 Å². The third kappa shape index (κ3) is 7.53. The van der Waals surface area contributed by atoms with E-state index in [2.05, 4.69) is 0 Å². The van der Waals surface area contributed by atoms with E-state index >= 15 is 0 Å². The summed E-state index contributed by atoms with van der Waals surface area (Å²) in [6.45, 7) is 6.86. The van der Waals surface area contributed by atoms with Crippen LogP contribution in [0.2, 0.25) is 0 Å². The fourth-order valence-electron chi connectivity index (χ4n) is 3.53. The molecule has 0 saturated heterocycles. The molecule has 0 aliphatic carbocycles. The summed E-state index contributed by atoms with van der Waals surface area (Å²) in [4.78, 5) is 53.9. The van der Waals surface area contributed by atoms with Crippen molar-refractivity contribution >= 4 is 23.9 Å². The van der Waals surface area contributed by atoms with E-state index in [0.29, 0.717) is 31.2 Å². The van der Waals surface area contributed by atoms with Crippen molar-refractivity contribution in [2.45, 2.75) is 84.8 Å². The molecule has 202 valence electrons. The lowest BCUT2D eigenvalue weighted by Gasteiger charge is -2.39. The molecule has 0 aromatic heterocycles. The van der Waals surface area contributed by atoms with Crippen LogP contribution in [0, 0.1) is 5.41 Å². The van der Waals surface area contributed by atoms with E-state index < -0.39 is 34.8 Å². The molecule has 2 N–H and O–H groups in total. The fourth-order valence-corrected chi connectivity index (χ4v) is 3.53. The quantitative estimate of drug-likeness (QED) is 0.144. The Bertz CT molecular complexity index is 819. The predicted octanol–water partition coefficient (Wildman–Crippen LogP) is 3.85. The van der Waals surface area contributed by atoms with Crippen molar-refractivity contribution < 1.29 is 38.1 Å². The molecule has 0 saturated carbocycles. The fraction of sp³-hybridized carbons (Fsp3) is 0.630. The van der Waals surface area contributed by atoms with Gasteiger partial charge in [0.2, 0.25) is 11.0 Å². The summed E-state index contributed by atoms with van der Waals surface area (Å²) in [6, 6.07) is 8.74. The highest BCUT2D eigenvalue weighted by Crippen LogP contribution is 2.39. The minimum atomic E-state index is -2.82. The molecule has 0 amide bonds. The molecule has 0 aliphatic heterocycles. The Kier molecular flexibility index (Phi) is 13.8. The first-order valence-electron chi connectivity index (χ1n) is 12.8. The number of carbonyl (C=O) groups excluding carboxylic acids is 4. The van der Waals surface area contributed by atoms with Crippen LogP contribution in [0.15, 0.2) is 30.3 Å². The molecule has 1 unspecified atom stereocenters. The van der Waals surface area contributed by atoms with Crippen LogP contribution in [-0.4, -0.2) is 49.2 Å². The van der Waals surface area contributed by atoms with Crippen molar-refractivity contribution in [3.63, 3.8) is 0 Å². The number of ether oxygens (including phenoxy) is 4. The molecule has 1 aromatic carbocycles. The van der Waals surface area contributed by atoms with Crippen molar-refractivity contribution in [3.05, 3.63) is 35.9 Å². The Labute approximate surface area is 214 Å². The Balaban J connectivity index is 3.53. The molecule has 9 nitrogen and oxygen atoms in total. The topological polar surface area (TPSA) is 131 Å². The molecule has 1 aromatic rings. The summed E-state index contributed by atoms with van der Waals surface area (Å²) in [5, 5.41) is 0. The van der Waals surface area contributed by atoms with Crippen LogP contribution in [0.1, 0.15) is 78.2 Å². The minimum absolute atomic E-state index is 0.0145. The van der Waals surface area contributed by atoms with Gasteiger partial charge in [-0.2, -0.15) is 0 Å². The maximum atomic E-state index is 13.5. The molecule has 0 aliphatic rings. The van der Waals surface area contributed by atoms with E-state index in [1.165, 1.54) is 6.92 Å². The second-order valence-electron chi connectivity index (χ2n) is 8.60. The number of carbonyl (C=O) groups is 4. The summed E-state index contributed by atoms with van der Waals surface area (Å²) in [7, 11) is 0. The third-order valence-electron chi connectivity index (χ3n) is 5.95. The van der Waals surface area contributed by atoms with E-state index in [1.54, 1.807) is 30.3 Å². The molecule has 0 spiro atoms. The van der Waals surface area contributed by atoms with Gasteiger partial charge < -0.3 is 24.7 Å². The molecule has 0 bridgehead atoms. The monoisotopic (exact) mass is 507 g/mol. The summed E-state index contributed by atoms with van der Waals surface area (Å²) in [5.41, 5.74) is 1.79. The largest absolute Gasteiger partial charge is 0.465 e. The lowest BCUT2D eigenvalue weighted by atomic mass is 9.67. The summed E-state index contributed by atoms with van der Waals surface area (Å²) < 4.78 is 21.4. The summed E-state index contributed by atoms with van der Waals surface area (Å²) in [6.07, 6.45) is 3.35. The van der Waals surface area contributed by atoms with Gasteiger partial charge >= 0.3 is 23.9 Å². The van der Waals surface area contributed by atoms with Crippen LogP contribution in [0.25, 0.3) is 0 Å². The second-order valence-corrected chi connectivity index (χ2v) is 8.60. The molecule has 9 heteroatoms.